The lowest BCUT2D eigenvalue weighted by Gasteiger charge is -2.27. The number of hydrogen-bond acceptors (Lipinski definition) is 3. The fourth-order valence-electron chi connectivity index (χ4n) is 8.67. The molecule has 0 saturated heterocycles. The van der Waals surface area contributed by atoms with E-state index in [0.717, 1.165) is 77.6 Å². The summed E-state index contributed by atoms with van der Waals surface area (Å²) in [5.41, 5.74) is 12.9. The third kappa shape index (κ3) is 6.08. The van der Waals surface area contributed by atoms with Crippen LogP contribution in [0, 0.1) is 0 Å². The first kappa shape index (κ1) is 34.4. The van der Waals surface area contributed by atoms with Crippen molar-refractivity contribution < 1.29 is 4.42 Å². The highest BCUT2D eigenvalue weighted by Gasteiger charge is 2.24. The van der Waals surface area contributed by atoms with E-state index in [9.17, 15) is 0 Å². The van der Waals surface area contributed by atoms with Crippen LogP contribution in [0.2, 0.25) is 0 Å². The molecule has 0 saturated carbocycles. The minimum atomic E-state index is 0.844. The summed E-state index contributed by atoms with van der Waals surface area (Å²) in [6, 6.07) is 82.1. The molecular weight excluding hydrogens is 717 g/mol. The standard InChI is InChI=1S/C56H38N2O/c1-5-17-39(18-6-1)41-29-33-45(34-30-41)57(43-21-9-3-10-22-43)52-37-51-55-49-27-15-13-25-47(49)53(38-54(55)59-56(51)50-28-16-14-26-48(50)52)58(44-23-11-4-12-24-44)46-35-31-42(32-36-46)40-19-7-2-8-20-40/h1-38H. The van der Waals surface area contributed by atoms with Crippen molar-refractivity contribution in [3.63, 3.8) is 0 Å². The highest BCUT2D eigenvalue weighted by atomic mass is 16.3. The van der Waals surface area contributed by atoms with E-state index in [1.54, 1.807) is 0 Å². The Balaban J connectivity index is 1.14. The maximum absolute atomic E-state index is 7.08. The van der Waals surface area contributed by atoms with Crippen LogP contribution in [0.5, 0.6) is 0 Å². The molecule has 11 rings (SSSR count). The lowest BCUT2D eigenvalue weighted by atomic mass is 9.97. The van der Waals surface area contributed by atoms with Gasteiger partial charge in [-0.3, -0.25) is 0 Å². The summed E-state index contributed by atoms with van der Waals surface area (Å²) in [7, 11) is 0. The molecule has 0 unspecified atom stereocenters. The van der Waals surface area contributed by atoms with E-state index in [4.69, 9.17) is 4.42 Å². The van der Waals surface area contributed by atoms with E-state index in [1.807, 2.05) is 0 Å². The molecule has 0 aliphatic heterocycles. The van der Waals surface area contributed by atoms with Gasteiger partial charge in [0.2, 0.25) is 0 Å². The maximum Gasteiger partial charge on any atom is 0.143 e. The van der Waals surface area contributed by atoms with Crippen LogP contribution >= 0.6 is 0 Å². The third-order valence-electron chi connectivity index (χ3n) is 11.4. The van der Waals surface area contributed by atoms with Gasteiger partial charge in [-0.2, -0.15) is 0 Å². The molecule has 0 radical (unpaired) electrons. The zero-order valence-corrected chi connectivity index (χ0v) is 32.2. The number of para-hydroxylation sites is 2. The summed E-state index contributed by atoms with van der Waals surface area (Å²) in [5.74, 6) is 0. The first-order valence-electron chi connectivity index (χ1n) is 20.1. The van der Waals surface area contributed by atoms with Gasteiger partial charge in [0.05, 0.1) is 11.4 Å². The Morgan fingerprint density at radius 3 is 1.12 bits per heavy atom. The van der Waals surface area contributed by atoms with Gasteiger partial charge in [-0.05, 0) is 82.2 Å². The van der Waals surface area contributed by atoms with Gasteiger partial charge in [0.1, 0.15) is 11.2 Å². The van der Waals surface area contributed by atoms with Crippen molar-refractivity contribution in [2.45, 2.75) is 0 Å². The molecule has 0 aliphatic carbocycles. The molecular formula is C56H38N2O. The Labute approximate surface area is 343 Å². The highest BCUT2D eigenvalue weighted by molar-refractivity contribution is 6.27. The molecule has 11 aromatic rings. The Morgan fingerprint density at radius 1 is 0.271 bits per heavy atom. The predicted octanol–water partition coefficient (Wildman–Crippen LogP) is 16.2. The highest BCUT2D eigenvalue weighted by Crippen LogP contribution is 2.49. The van der Waals surface area contributed by atoms with Gasteiger partial charge in [-0.1, -0.05) is 170 Å². The van der Waals surface area contributed by atoms with Gasteiger partial charge in [-0.15, -0.1) is 0 Å². The van der Waals surface area contributed by atoms with Gasteiger partial charge < -0.3 is 14.2 Å². The Bertz CT molecular complexity index is 3230. The van der Waals surface area contributed by atoms with E-state index >= 15 is 0 Å². The molecule has 278 valence electrons. The molecule has 10 aromatic carbocycles. The summed E-state index contributed by atoms with van der Waals surface area (Å²) in [6.07, 6.45) is 0. The Hall–Kier alpha value is -7.88. The van der Waals surface area contributed by atoms with Gasteiger partial charge in [0, 0.05) is 55.7 Å². The smallest absolute Gasteiger partial charge is 0.143 e. The number of rotatable bonds is 8. The quantitative estimate of drug-likeness (QED) is 0.154. The molecule has 0 amide bonds. The van der Waals surface area contributed by atoms with Gasteiger partial charge in [0.15, 0.2) is 0 Å². The van der Waals surface area contributed by atoms with E-state index < -0.39 is 0 Å². The fourth-order valence-corrected chi connectivity index (χ4v) is 8.67. The van der Waals surface area contributed by atoms with E-state index in [-0.39, 0.29) is 0 Å². The number of nitrogens with zero attached hydrogens (tertiary/aromatic N) is 2. The second-order valence-corrected chi connectivity index (χ2v) is 14.9. The minimum absolute atomic E-state index is 0.844. The van der Waals surface area contributed by atoms with E-state index in [0.29, 0.717) is 0 Å². The largest absolute Gasteiger partial charge is 0.455 e. The van der Waals surface area contributed by atoms with Crippen LogP contribution < -0.4 is 9.80 Å². The molecule has 0 fully saturated rings. The molecule has 1 aromatic heterocycles. The molecule has 0 N–H and O–H groups in total. The van der Waals surface area contributed by atoms with Crippen molar-refractivity contribution in [1.82, 2.24) is 0 Å². The number of benzene rings is 10. The zero-order valence-electron chi connectivity index (χ0n) is 32.2. The van der Waals surface area contributed by atoms with Gasteiger partial charge >= 0.3 is 0 Å². The second kappa shape index (κ2) is 14.6. The molecule has 0 bridgehead atoms. The molecule has 0 aliphatic rings. The van der Waals surface area contributed by atoms with Crippen LogP contribution in [0.4, 0.5) is 34.1 Å². The van der Waals surface area contributed by atoms with Crippen molar-refractivity contribution in [2.75, 3.05) is 9.80 Å². The number of hydrogen-bond donors (Lipinski definition) is 0. The molecule has 0 spiro atoms. The van der Waals surface area contributed by atoms with Gasteiger partial charge in [0.25, 0.3) is 0 Å². The van der Waals surface area contributed by atoms with Crippen LogP contribution in [0.3, 0.4) is 0 Å². The lowest BCUT2D eigenvalue weighted by Crippen LogP contribution is -2.10. The Morgan fingerprint density at radius 2 is 0.627 bits per heavy atom. The summed E-state index contributed by atoms with van der Waals surface area (Å²) in [4.78, 5) is 4.73. The zero-order chi connectivity index (χ0) is 39.1. The first-order chi connectivity index (χ1) is 29.3. The second-order valence-electron chi connectivity index (χ2n) is 14.9. The van der Waals surface area contributed by atoms with E-state index in [1.165, 1.54) is 22.3 Å². The van der Waals surface area contributed by atoms with Gasteiger partial charge in [-0.25, -0.2) is 0 Å². The maximum atomic E-state index is 7.08. The van der Waals surface area contributed by atoms with Crippen LogP contribution in [0.1, 0.15) is 0 Å². The van der Waals surface area contributed by atoms with E-state index in [2.05, 4.69) is 240 Å². The molecule has 1 heterocycles. The van der Waals surface area contributed by atoms with Crippen LogP contribution in [0.25, 0.3) is 65.7 Å². The van der Waals surface area contributed by atoms with Crippen LogP contribution in [-0.2, 0) is 0 Å². The lowest BCUT2D eigenvalue weighted by molar-refractivity contribution is 0.673. The summed E-state index contributed by atoms with van der Waals surface area (Å²) >= 11 is 0. The number of fused-ring (bicyclic) bond motifs is 7. The van der Waals surface area contributed by atoms with Crippen LogP contribution in [0.15, 0.2) is 235 Å². The minimum Gasteiger partial charge on any atom is -0.455 e. The van der Waals surface area contributed by atoms with Crippen molar-refractivity contribution in [1.29, 1.82) is 0 Å². The Kier molecular flexibility index (Phi) is 8.49. The normalized spacial score (nSPS) is 11.4. The first-order valence-corrected chi connectivity index (χ1v) is 20.1. The summed E-state index contributed by atoms with van der Waals surface area (Å²) in [6.45, 7) is 0. The number of furan rings is 1. The topological polar surface area (TPSA) is 19.6 Å². The summed E-state index contributed by atoms with van der Waals surface area (Å²) < 4.78 is 7.08. The van der Waals surface area contributed by atoms with Crippen molar-refractivity contribution in [3.8, 4) is 22.3 Å². The number of anilines is 6. The monoisotopic (exact) mass is 754 g/mol. The van der Waals surface area contributed by atoms with Crippen molar-refractivity contribution >= 4 is 77.6 Å². The van der Waals surface area contributed by atoms with Crippen LogP contribution in [-0.4, -0.2) is 0 Å². The average molecular weight is 755 g/mol. The van der Waals surface area contributed by atoms with Crippen molar-refractivity contribution in [3.05, 3.63) is 231 Å². The molecule has 59 heavy (non-hydrogen) atoms. The third-order valence-corrected chi connectivity index (χ3v) is 11.4. The molecule has 0 atom stereocenters. The van der Waals surface area contributed by atoms with Crippen molar-refractivity contribution in [2.24, 2.45) is 0 Å². The molecule has 3 heteroatoms. The predicted molar refractivity (Wildman–Crippen MR) is 249 cm³/mol. The SMILES string of the molecule is c1ccc(-c2ccc(N(c3ccccc3)c3cc4c(oc5cc(N(c6ccccc6)c6ccc(-c7ccccc7)cc6)c6ccccc6c54)c4ccccc34)cc2)cc1. The average Bonchev–Trinajstić information content (AvgIpc) is 3.70. The summed E-state index contributed by atoms with van der Waals surface area (Å²) in [5, 5.41) is 6.65. The fraction of sp³-hybridized carbons (Fsp3) is 0. The molecule has 3 nitrogen and oxygen atoms in total.